The van der Waals surface area contributed by atoms with Crippen LogP contribution in [0.15, 0.2) is 24.3 Å². The van der Waals surface area contributed by atoms with Crippen LogP contribution in [0.1, 0.15) is 24.8 Å². The molecule has 0 aromatic heterocycles. The van der Waals surface area contributed by atoms with Crippen molar-refractivity contribution in [2.45, 2.75) is 19.3 Å². The minimum atomic E-state index is -0.893. The van der Waals surface area contributed by atoms with Gasteiger partial charge < -0.3 is 10.4 Å². The molecule has 0 aliphatic heterocycles. The van der Waals surface area contributed by atoms with Gasteiger partial charge in [-0.15, -0.1) is 6.42 Å². The third-order valence-electron chi connectivity index (χ3n) is 3.47. The van der Waals surface area contributed by atoms with E-state index in [4.69, 9.17) is 11.5 Å². The number of hydrogen-bond acceptors (Lipinski definition) is 2. The number of carbonyl (C=O) groups is 2. The topological polar surface area (TPSA) is 66.4 Å². The first kappa shape index (κ1) is 13.2. The summed E-state index contributed by atoms with van der Waals surface area (Å²) in [5.41, 5.74) is 1.29. The van der Waals surface area contributed by atoms with E-state index in [2.05, 4.69) is 11.2 Å². The molecule has 4 heteroatoms. The quantitative estimate of drug-likeness (QED) is 0.815. The predicted molar refractivity (Wildman–Crippen MR) is 71.5 cm³/mol. The number of anilines is 1. The lowest BCUT2D eigenvalue weighted by atomic mass is 9.95. The van der Waals surface area contributed by atoms with E-state index in [1.165, 1.54) is 0 Å². The molecule has 4 nitrogen and oxygen atoms in total. The highest BCUT2D eigenvalue weighted by molar-refractivity contribution is 5.95. The standard InChI is InChI=1S/C15H15NO3/c1-2-10-5-3-6-11(9-10)16-14(17)12-7-4-8-13(12)15(18)19/h1,3,5-6,9,12-13H,4,7-8H2,(H,16,17)(H,18,19). The molecule has 2 atom stereocenters. The first-order valence-corrected chi connectivity index (χ1v) is 6.22. The minimum absolute atomic E-state index is 0.237. The highest BCUT2D eigenvalue weighted by Crippen LogP contribution is 2.32. The molecule has 0 spiro atoms. The predicted octanol–water partition coefficient (Wildman–Crippen LogP) is 2.11. The maximum atomic E-state index is 12.1. The van der Waals surface area contributed by atoms with Crippen molar-refractivity contribution in [3.8, 4) is 12.3 Å². The lowest BCUT2D eigenvalue weighted by molar-refractivity contribution is -0.145. The molecular weight excluding hydrogens is 242 g/mol. The summed E-state index contributed by atoms with van der Waals surface area (Å²) in [6.45, 7) is 0. The molecule has 19 heavy (non-hydrogen) atoms. The van der Waals surface area contributed by atoms with Gasteiger partial charge in [0.1, 0.15) is 0 Å². The fourth-order valence-corrected chi connectivity index (χ4v) is 2.49. The van der Waals surface area contributed by atoms with Gasteiger partial charge in [0, 0.05) is 11.3 Å². The number of nitrogens with one attached hydrogen (secondary N) is 1. The summed E-state index contributed by atoms with van der Waals surface area (Å²) in [5.74, 6) is 0.336. The molecule has 2 rings (SSSR count). The van der Waals surface area contributed by atoms with E-state index in [1.807, 2.05) is 0 Å². The molecule has 2 unspecified atom stereocenters. The molecule has 1 aromatic carbocycles. The van der Waals surface area contributed by atoms with Crippen molar-refractivity contribution in [2.75, 3.05) is 5.32 Å². The summed E-state index contributed by atoms with van der Waals surface area (Å²) in [6, 6.07) is 6.96. The molecule has 1 aliphatic rings. The molecule has 98 valence electrons. The van der Waals surface area contributed by atoms with Gasteiger partial charge >= 0.3 is 5.97 Å². The van der Waals surface area contributed by atoms with Crippen molar-refractivity contribution in [3.63, 3.8) is 0 Å². The van der Waals surface area contributed by atoms with Gasteiger partial charge in [-0.1, -0.05) is 18.4 Å². The Morgan fingerprint density at radius 3 is 2.74 bits per heavy atom. The van der Waals surface area contributed by atoms with E-state index in [9.17, 15) is 9.59 Å². The van der Waals surface area contributed by atoms with Gasteiger partial charge in [0.05, 0.1) is 11.8 Å². The Kier molecular flexibility index (Phi) is 3.86. The largest absolute Gasteiger partial charge is 0.481 e. The summed E-state index contributed by atoms with van der Waals surface area (Å²) in [5, 5.41) is 11.8. The number of hydrogen-bond donors (Lipinski definition) is 2. The van der Waals surface area contributed by atoms with Crippen molar-refractivity contribution in [2.24, 2.45) is 11.8 Å². The summed E-state index contributed by atoms with van der Waals surface area (Å²) >= 11 is 0. The van der Waals surface area contributed by atoms with Gasteiger partial charge in [0.15, 0.2) is 0 Å². The second-order valence-electron chi connectivity index (χ2n) is 4.70. The highest BCUT2D eigenvalue weighted by atomic mass is 16.4. The molecule has 0 heterocycles. The number of aliphatic carboxylic acids is 1. The Bertz CT molecular complexity index is 545. The van der Waals surface area contributed by atoms with E-state index in [-0.39, 0.29) is 5.91 Å². The fourth-order valence-electron chi connectivity index (χ4n) is 2.49. The smallest absolute Gasteiger partial charge is 0.307 e. The molecular formula is C15H15NO3. The lowest BCUT2D eigenvalue weighted by Crippen LogP contribution is -2.29. The van der Waals surface area contributed by atoms with Crippen molar-refractivity contribution in [3.05, 3.63) is 29.8 Å². The van der Waals surface area contributed by atoms with Crippen LogP contribution in [-0.2, 0) is 9.59 Å². The number of carbonyl (C=O) groups excluding carboxylic acids is 1. The Labute approximate surface area is 111 Å². The van der Waals surface area contributed by atoms with Crippen molar-refractivity contribution in [1.29, 1.82) is 0 Å². The molecule has 0 radical (unpaired) electrons. The van der Waals surface area contributed by atoms with Crippen LogP contribution in [0.5, 0.6) is 0 Å². The summed E-state index contributed by atoms with van der Waals surface area (Å²) in [4.78, 5) is 23.2. The van der Waals surface area contributed by atoms with Crippen LogP contribution in [0.4, 0.5) is 5.69 Å². The van der Waals surface area contributed by atoms with E-state index >= 15 is 0 Å². The number of carboxylic acid groups (broad SMARTS) is 1. The van der Waals surface area contributed by atoms with Gasteiger partial charge in [-0.2, -0.15) is 0 Å². The number of benzene rings is 1. The van der Waals surface area contributed by atoms with Crippen molar-refractivity contribution in [1.82, 2.24) is 0 Å². The van der Waals surface area contributed by atoms with E-state index < -0.39 is 17.8 Å². The van der Waals surface area contributed by atoms with Crippen LogP contribution in [-0.4, -0.2) is 17.0 Å². The molecule has 1 fully saturated rings. The number of rotatable bonds is 3. The zero-order valence-corrected chi connectivity index (χ0v) is 10.4. The number of terminal acetylenes is 1. The average Bonchev–Trinajstić information content (AvgIpc) is 2.88. The molecule has 0 bridgehead atoms. The minimum Gasteiger partial charge on any atom is -0.481 e. The number of carboxylic acids is 1. The molecule has 1 aliphatic carbocycles. The van der Waals surface area contributed by atoms with Gasteiger partial charge in [-0.3, -0.25) is 9.59 Å². The van der Waals surface area contributed by atoms with Crippen LogP contribution in [0.3, 0.4) is 0 Å². The maximum Gasteiger partial charge on any atom is 0.307 e. The zero-order chi connectivity index (χ0) is 13.8. The second-order valence-corrected chi connectivity index (χ2v) is 4.70. The second kappa shape index (κ2) is 5.57. The molecule has 1 saturated carbocycles. The van der Waals surface area contributed by atoms with Crippen LogP contribution >= 0.6 is 0 Å². The Hall–Kier alpha value is -2.28. The van der Waals surface area contributed by atoms with Crippen LogP contribution < -0.4 is 5.32 Å². The SMILES string of the molecule is C#Cc1cccc(NC(=O)C2CCCC2C(=O)O)c1. The first-order chi connectivity index (χ1) is 9.11. The van der Waals surface area contributed by atoms with E-state index in [0.717, 1.165) is 6.42 Å². The van der Waals surface area contributed by atoms with Gasteiger partial charge in [0.25, 0.3) is 0 Å². The third-order valence-corrected chi connectivity index (χ3v) is 3.47. The zero-order valence-electron chi connectivity index (χ0n) is 10.4. The number of amides is 1. The third kappa shape index (κ3) is 2.94. The van der Waals surface area contributed by atoms with Crippen LogP contribution in [0.2, 0.25) is 0 Å². The van der Waals surface area contributed by atoms with Crippen molar-refractivity contribution >= 4 is 17.6 Å². The van der Waals surface area contributed by atoms with Gasteiger partial charge in [-0.25, -0.2) is 0 Å². The molecule has 1 amide bonds. The molecule has 2 N–H and O–H groups in total. The normalized spacial score (nSPS) is 21.6. The Morgan fingerprint density at radius 1 is 1.32 bits per heavy atom. The average molecular weight is 257 g/mol. The summed E-state index contributed by atoms with van der Waals surface area (Å²) < 4.78 is 0. The summed E-state index contributed by atoms with van der Waals surface area (Å²) in [7, 11) is 0. The Morgan fingerprint density at radius 2 is 2.05 bits per heavy atom. The van der Waals surface area contributed by atoms with Gasteiger partial charge in [0.2, 0.25) is 5.91 Å². The summed E-state index contributed by atoms with van der Waals surface area (Å²) in [6.07, 6.45) is 7.26. The monoisotopic (exact) mass is 257 g/mol. The first-order valence-electron chi connectivity index (χ1n) is 6.22. The lowest BCUT2D eigenvalue weighted by Gasteiger charge is -2.15. The van der Waals surface area contributed by atoms with E-state index in [1.54, 1.807) is 24.3 Å². The van der Waals surface area contributed by atoms with Crippen molar-refractivity contribution < 1.29 is 14.7 Å². The highest BCUT2D eigenvalue weighted by Gasteiger charge is 2.37. The van der Waals surface area contributed by atoms with E-state index in [0.29, 0.717) is 24.1 Å². The van der Waals surface area contributed by atoms with Crippen LogP contribution in [0, 0.1) is 24.2 Å². The van der Waals surface area contributed by atoms with Crippen LogP contribution in [0.25, 0.3) is 0 Å². The maximum absolute atomic E-state index is 12.1. The fraction of sp³-hybridized carbons (Fsp3) is 0.333. The van der Waals surface area contributed by atoms with Gasteiger partial charge in [-0.05, 0) is 31.0 Å². The Balaban J connectivity index is 2.08. The molecule has 1 aromatic rings. The molecule has 0 saturated heterocycles.